The smallest absolute Gasteiger partial charge is 0.348 e. The van der Waals surface area contributed by atoms with Crippen molar-refractivity contribution in [2.75, 3.05) is 7.11 Å². The summed E-state index contributed by atoms with van der Waals surface area (Å²) in [6.07, 6.45) is 1.86. The Morgan fingerprint density at radius 3 is 2.55 bits per heavy atom. The van der Waals surface area contributed by atoms with Crippen LogP contribution in [0.3, 0.4) is 0 Å². The molecule has 0 N–H and O–H groups in total. The summed E-state index contributed by atoms with van der Waals surface area (Å²) in [5, 5.41) is 0. The summed E-state index contributed by atoms with van der Waals surface area (Å²) in [4.78, 5) is 12.0. The standard InChI is InChI=1S/C17H14O3/c1-11-6-8-12(9-7-11)10-15-13-4-3-5-14(19-2)16(13)17(18)20-15/h3-10H,1-2H3/b15-10-. The highest BCUT2D eigenvalue weighted by Crippen LogP contribution is 2.36. The van der Waals surface area contributed by atoms with E-state index in [9.17, 15) is 4.79 Å². The van der Waals surface area contributed by atoms with Gasteiger partial charge < -0.3 is 9.47 Å². The Morgan fingerprint density at radius 1 is 1.10 bits per heavy atom. The molecule has 0 radical (unpaired) electrons. The van der Waals surface area contributed by atoms with Crippen molar-refractivity contribution in [1.29, 1.82) is 0 Å². The molecule has 1 aliphatic heterocycles. The first-order valence-electron chi connectivity index (χ1n) is 6.37. The van der Waals surface area contributed by atoms with Crippen LogP contribution in [0.25, 0.3) is 11.8 Å². The molecule has 1 heterocycles. The van der Waals surface area contributed by atoms with E-state index < -0.39 is 0 Å². The molecule has 100 valence electrons. The molecule has 20 heavy (non-hydrogen) atoms. The number of cyclic esters (lactones) is 1. The molecule has 1 aliphatic rings. The van der Waals surface area contributed by atoms with Gasteiger partial charge in [-0.05, 0) is 24.6 Å². The maximum atomic E-state index is 12.0. The number of carbonyl (C=O) groups is 1. The summed E-state index contributed by atoms with van der Waals surface area (Å²) in [7, 11) is 1.55. The zero-order valence-electron chi connectivity index (χ0n) is 11.3. The van der Waals surface area contributed by atoms with Crippen molar-refractivity contribution in [2.45, 2.75) is 6.92 Å². The Kier molecular flexibility index (Phi) is 3.03. The van der Waals surface area contributed by atoms with Gasteiger partial charge in [-0.2, -0.15) is 0 Å². The van der Waals surface area contributed by atoms with Gasteiger partial charge in [-0.25, -0.2) is 4.79 Å². The molecular weight excluding hydrogens is 252 g/mol. The minimum atomic E-state index is -0.365. The number of fused-ring (bicyclic) bond motifs is 1. The van der Waals surface area contributed by atoms with Gasteiger partial charge in [0.05, 0.1) is 7.11 Å². The van der Waals surface area contributed by atoms with E-state index in [1.165, 1.54) is 5.56 Å². The zero-order valence-corrected chi connectivity index (χ0v) is 11.3. The number of ether oxygens (including phenoxy) is 2. The molecular formula is C17H14O3. The van der Waals surface area contributed by atoms with Crippen LogP contribution in [0.5, 0.6) is 5.75 Å². The van der Waals surface area contributed by atoms with Crippen LogP contribution in [-0.4, -0.2) is 13.1 Å². The summed E-state index contributed by atoms with van der Waals surface area (Å²) in [6.45, 7) is 2.03. The zero-order chi connectivity index (χ0) is 14.1. The maximum absolute atomic E-state index is 12.0. The fourth-order valence-corrected chi connectivity index (χ4v) is 2.24. The van der Waals surface area contributed by atoms with Crippen molar-refractivity contribution >= 4 is 17.8 Å². The molecule has 0 saturated heterocycles. The SMILES string of the molecule is COc1cccc2c1C(=O)O/C2=C\c1ccc(C)cc1. The highest BCUT2D eigenvalue weighted by atomic mass is 16.5. The summed E-state index contributed by atoms with van der Waals surface area (Å²) in [5.74, 6) is 0.739. The van der Waals surface area contributed by atoms with E-state index in [0.29, 0.717) is 17.1 Å². The van der Waals surface area contributed by atoms with Crippen LogP contribution in [0, 0.1) is 6.92 Å². The lowest BCUT2D eigenvalue weighted by atomic mass is 10.0. The third kappa shape index (κ3) is 2.07. The average molecular weight is 266 g/mol. The first-order valence-corrected chi connectivity index (χ1v) is 6.37. The molecule has 0 unspecified atom stereocenters. The van der Waals surface area contributed by atoms with Crippen LogP contribution in [-0.2, 0) is 4.74 Å². The summed E-state index contributed by atoms with van der Waals surface area (Å²) < 4.78 is 10.6. The van der Waals surface area contributed by atoms with Crippen LogP contribution in [0.2, 0.25) is 0 Å². The number of esters is 1. The second-order valence-electron chi connectivity index (χ2n) is 4.69. The second-order valence-corrected chi connectivity index (χ2v) is 4.69. The largest absolute Gasteiger partial charge is 0.496 e. The second kappa shape index (κ2) is 4.85. The molecule has 0 aliphatic carbocycles. The fraction of sp³-hybridized carbons (Fsp3) is 0.118. The van der Waals surface area contributed by atoms with Crippen LogP contribution >= 0.6 is 0 Å². The van der Waals surface area contributed by atoms with Gasteiger partial charge >= 0.3 is 5.97 Å². The van der Waals surface area contributed by atoms with Gasteiger partial charge in [0.15, 0.2) is 0 Å². The Morgan fingerprint density at radius 2 is 1.85 bits per heavy atom. The van der Waals surface area contributed by atoms with Crippen molar-refractivity contribution in [1.82, 2.24) is 0 Å². The lowest BCUT2D eigenvalue weighted by Gasteiger charge is -2.02. The van der Waals surface area contributed by atoms with Crippen molar-refractivity contribution in [2.24, 2.45) is 0 Å². The lowest BCUT2D eigenvalue weighted by Crippen LogP contribution is -1.97. The molecule has 3 rings (SSSR count). The van der Waals surface area contributed by atoms with E-state index >= 15 is 0 Å². The quantitative estimate of drug-likeness (QED) is 0.778. The van der Waals surface area contributed by atoms with E-state index in [1.54, 1.807) is 13.2 Å². The number of hydrogen-bond acceptors (Lipinski definition) is 3. The van der Waals surface area contributed by atoms with Gasteiger partial charge in [0, 0.05) is 5.56 Å². The molecule has 0 atom stereocenters. The number of hydrogen-bond donors (Lipinski definition) is 0. The van der Waals surface area contributed by atoms with Crippen molar-refractivity contribution in [3.8, 4) is 5.75 Å². The van der Waals surface area contributed by atoms with Gasteiger partial charge in [-0.15, -0.1) is 0 Å². The van der Waals surface area contributed by atoms with Gasteiger partial charge in [0.25, 0.3) is 0 Å². The monoisotopic (exact) mass is 266 g/mol. The Bertz CT molecular complexity index is 697. The summed E-state index contributed by atoms with van der Waals surface area (Å²) in [6, 6.07) is 13.5. The van der Waals surface area contributed by atoms with Crippen LogP contribution in [0.15, 0.2) is 42.5 Å². The number of methoxy groups -OCH3 is 1. The highest BCUT2D eigenvalue weighted by molar-refractivity contribution is 6.07. The predicted molar refractivity (Wildman–Crippen MR) is 77.5 cm³/mol. The Balaban J connectivity index is 2.07. The minimum Gasteiger partial charge on any atom is -0.496 e. The molecule has 0 aromatic heterocycles. The van der Waals surface area contributed by atoms with E-state index in [2.05, 4.69) is 0 Å². The average Bonchev–Trinajstić information content (AvgIpc) is 2.78. The maximum Gasteiger partial charge on any atom is 0.348 e. The van der Waals surface area contributed by atoms with E-state index in [-0.39, 0.29) is 5.97 Å². The van der Waals surface area contributed by atoms with Gasteiger partial charge in [-0.3, -0.25) is 0 Å². The number of rotatable bonds is 2. The molecule has 0 spiro atoms. The first kappa shape index (κ1) is 12.5. The Hall–Kier alpha value is -2.55. The summed E-state index contributed by atoms with van der Waals surface area (Å²) in [5.41, 5.74) is 3.45. The fourth-order valence-electron chi connectivity index (χ4n) is 2.24. The number of aryl methyl sites for hydroxylation is 1. The van der Waals surface area contributed by atoms with Crippen molar-refractivity contribution < 1.29 is 14.3 Å². The lowest BCUT2D eigenvalue weighted by molar-refractivity contribution is 0.0714. The minimum absolute atomic E-state index is 0.365. The van der Waals surface area contributed by atoms with E-state index in [1.807, 2.05) is 49.4 Å². The van der Waals surface area contributed by atoms with Crippen LogP contribution in [0.1, 0.15) is 27.0 Å². The highest BCUT2D eigenvalue weighted by Gasteiger charge is 2.29. The van der Waals surface area contributed by atoms with E-state index in [0.717, 1.165) is 11.1 Å². The van der Waals surface area contributed by atoms with Gasteiger partial charge in [-0.1, -0.05) is 42.0 Å². The van der Waals surface area contributed by atoms with Crippen molar-refractivity contribution in [3.05, 3.63) is 64.7 Å². The molecule has 3 heteroatoms. The predicted octanol–water partition coefficient (Wildman–Crippen LogP) is 3.67. The molecule has 0 bridgehead atoms. The summed E-state index contributed by atoms with van der Waals surface area (Å²) >= 11 is 0. The van der Waals surface area contributed by atoms with Crippen LogP contribution < -0.4 is 4.74 Å². The normalized spacial score (nSPS) is 15.1. The third-order valence-electron chi connectivity index (χ3n) is 3.29. The number of benzene rings is 2. The van der Waals surface area contributed by atoms with E-state index in [4.69, 9.17) is 9.47 Å². The third-order valence-corrected chi connectivity index (χ3v) is 3.29. The molecule has 0 amide bonds. The topological polar surface area (TPSA) is 35.5 Å². The van der Waals surface area contributed by atoms with Gasteiger partial charge in [0.2, 0.25) is 0 Å². The number of carbonyl (C=O) groups excluding carboxylic acids is 1. The molecule has 2 aromatic carbocycles. The first-order chi connectivity index (χ1) is 9.69. The van der Waals surface area contributed by atoms with Crippen LogP contribution in [0.4, 0.5) is 0 Å². The molecule has 3 nitrogen and oxygen atoms in total. The van der Waals surface area contributed by atoms with Crippen molar-refractivity contribution in [3.63, 3.8) is 0 Å². The molecule has 0 fully saturated rings. The van der Waals surface area contributed by atoms with Gasteiger partial charge in [0.1, 0.15) is 17.1 Å². The molecule has 0 saturated carbocycles. The Labute approximate surface area is 117 Å². The molecule has 2 aromatic rings.